The summed E-state index contributed by atoms with van der Waals surface area (Å²) in [4.78, 5) is 14.0. The van der Waals surface area contributed by atoms with Gasteiger partial charge in [-0.2, -0.15) is 5.10 Å². The van der Waals surface area contributed by atoms with E-state index in [0.717, 1.165) is 16.8 Å². The summed E-state index contributed by atoms with van der Waals surface area (Å²) in [5.74, 6) is 0.271. The zero-order valence-corrected chi connectivity index (χ0v) is 17.6. The second kappa shape index (κ2) is 7.82. The van der Waals surface area contributed by atoms with Crippen molar-refractivity contribution in [3.05, 3.63) is 51.4 Å². The van der Waals surface area contributed by atoms with E-state index >= 15 is 0 Å². The van der Waals surface area contributed by atoms with Gasteiger partial charge in [-0.15, -0.1) is 11.3 Å². The number of methoxy groups -OCH3 is 1. The molecule has 0 radical (unpaired) electrons. The Balaban J connectivity index is 1.83. The second-order valence-electron chi connectivity index (χ2n) is 5.93. The van der Waals surface area contributed by atoms with E-state index in [1.165, 1.54) is 29.5 Å². The first-order valence-corrected chi connectivity index (χ1v) is 11.0. The molecule has 0 aliphatic heterocycles. The van der Waals surface area contributed by atoms with Crippen LogP contribution in [0.15, 0.2) is 36.7 Å². The van der Waals surface area contributed by atoms with Gasteiger partial charge in [0.1, 0.15) is 0 Å². The van der Waals surface area contributed by atoms with E-state index < -0.39 is 10.0 Å². The summed E-state index contributed by atoms with van der Waals surface area (Å²) >= 11 is 7.34. The summed E-state index contributed by atoms with van der Waals surface area (Å²) in [6.07, 6.45) is 4.34. The molecule has 0 saturated heterocycles. The SMILES string of the molecule is COc1cnn(-c2cc(C(=O)Nc3cc(Cl)cc(NS(C)(=O)=O)c3)sc2C)c1. The molecule has 11 heteroatoms. The minimum atomic E-state index is -3.46. The van der Waals surface area contributed by atoms with Crippen molar-refractivity contribution in [1.29, 1.82) is 0 Å². The Hall–Kier alpha value is -2.56. The zero-order chi connectivity index (χ0) is 20.5. The number of rotatable bonds is 6. The van der Waals surface area contributed by atoms with Crippen molar-refractivity contribution < 1.29 is 17.9 Å². The number of halogens is 1. The minimum absolute atomic E-state index is 0.261. The lowest BCUT2D eigenvalue weighted by Crippen LogP contribution is -2.12. The number of aromatic nitrogens is 2. The lowest BCUT2D eigenvalue weighted by molar-refractivity contribution is 0.103. The van der Waals surface area contributed by atoms with Gasteiger partial charge < -0.3 is 10.1 Å². The van der Waals surface area contributed by atoms with Crippen molar-refractivity contribution >= 4 is 50.2 Å². The third kappa shape index (κ3) is 4.83. The number of nitrogens with one attached hydrogen (secondary N) is 2. The molecule has 0 aliphatic rings. The molecule has 0 unspecified atom stereocenters. The third-order valence-electron chi connectivity index (χ3n) is 3.62. The van der Waals surface area contributed by atoms with E-state index in [9.17, 15) is 13.2 Å². The Labute approximate surface area is 171 Å². The molecule has 0 bridgehead atoms. The number of anilines is 2. The van der Waals surface area contributed by atoms with Gasteiger partial charge in [-0.05, 0) is 31.2 Å². The van der Waals surface area contributed by atoms with Crippen LogP contribution in [0.5, 0.6) is 5.75 Å². The largest absolute Gasteiger partial charge is 0.493 e. The predicted molar refractivity (Wildman–Crippen MR) is 111 cm³/mol. The number of carbonyl (C=O) groups excluding carboxylic acids is 1. The standard InChI is InChI=1S/C17H17ClN4O4S2/c1-10-15(22-9-14(26-2)8-19-22)7-16(27-10)17(23)20-12-4-11(18)5-13(6-12)21-28(3,24)25/h4-9,21H,1-3H3,(H,20,23). The van der Waals surface area contributed by atoms with Crippen LogP contribution in [0.4, 0.5) is 11.4 Å². The van der Waals surface area contributed by atoms with Gasteiger partial charge >= 0.3 is 0 Å². The highest BCUT2D eigenvalue weighted by Gasteiger charge is 2.16. The molecule has 0 fully saturated rings. The fourth-order valence-corrected chi connectivity index (χ4v) is 4.17. The van der Waals surface area contributed by atoms with Gasteiger partial charge in [0.2, 0.25) is 10.0 Å². The van der Waals surface area contributed by atoms with Crippen LogP contribution in [0.2, 0.25) is 5.02 Å². The highest BCUT2D eigenvalue weighted by atomic mass is 35.5. The molecular formula is C17H17ClN4O4S2. The predicted octanol–water partition coefficient (Wildman–Crippen LogP) is 3.53. The van der Waals surface area contributed by atoms with E-state index in [-0.39, 0.29) is 16.6 Å². The van der Waals surface area contributed by atoms with Crippen LogP contribution >= 0.6 is 22.9 Å². The fourth-order valence-electron chi connectivity index (χ4n) is 2.48. The average molecular weight is 441 g/mol. The first-order chi connectivity index (χ1) is 13.1. The molecule has 2 aromatic heterocycles. The maximum Gasteiger partial charge on any atom is 0.265 e. The number of carbonyl (C=O) groups is 1. The number of sulfonamides is 1. The van der Waals surface area contributed by atoms with Gasteiger partial charge in [-0.3, -0.25) is 9.52 Å². The number of nitrogens with zero attached hydrogens (tertiary/aromatic N) is 2. The smallest absolute Gasteiger partial charge is 0.265 e. The monoisotopic (exact) mass is 440 g/mol. The first-order valence-electron chi connectivity index (χ1n) is 7.94. The van der Waals surface area contributed by atoms with Crippen molar-refractivity contribution in [2.75, 3.05) is 23.4 Å². The number of hydrogen-bond donors (Lipinski definition) is 2. The van der Waals surface area contributed by atoms with Gasteiger partial charge in [0.05, 0.1) is 42.0 Å². The molecule has 0 saturated carbocycles. The van der Waals surface area contributed by atoms with Crippen LogP contribution in [0.3, 0.4) is 0 Å². The zero-order valence-electron chi connectivity index (χ0n) is 15.2. The number of hydrogen-bond acceptors (Lipinski definition) is 6. The van der Waals surface area contributed by atoms with Crippen LogP contribution in [0.1, 0.15) is 14.5 Å². The van der Waals surface area contributed by atoms with E-state index in [4.69, 9.17) is 16.3 Å². The van der Waals surface area contributed by atoms with E-state index in [1.54, 1.807) is 30.3 Å². The van der Waals surface area contributed by atoms with Gasteiger partial charge in [-0.25, -0.2) is 13.1 Å². The van der Waals surface area contributed by atoms with Crippen molar-refractivity contribution in [3.8, 4) is 11.4 Å². The highest BCUT2D eigenvalue weighted by molar-refractivity contribution is 7.92. The Morgan fingerprint density at radius 1 is 1.25 bits per heavy atom. The number of thiophene rings is 1. The highest BCUT2D eigenvalue weighted by Crippen LogP contribution is 2.28. The molecular weight excluding hydrogens is 424 g/mol. The average Bonchev–Trinajstić information content (AvgIpc) is 3.18. The third-order valence-corrected chi connectivity index (χ3v) is 5.48. The van der Waals surface area contributed by atoms with Gasteiger partial charge in [-0.1, -0.05) is 11.6 Å². The summed E-state index contributed by atoms with van der Waals surface area (Å²) in [6.45, 7) is 1.89. The van der Waals surface area contributed by atoms with Crippen LogP contribution < -0.4 is 14.8 Å². The lowest BCUT2D eigenvalue weighted by Gasteiger charge is -2.09. The number of aryl methyl sites for hydroxylation is 1. The number of amides is 1. The molecule has 2 N–H and O–H groups in total. The summed E-state index contributed by atoms with van der Waals surface area (Å²) < 4.78 is 31.9. The summed E-state index contributed by atoms with van der Waals surface area (Å²) in [5, 5.41) is 7.24. The Morgan fingerprint density at radius 2 is 1.96 bits per heavy atom. The summed E-state index contributed by atoms with van der Waals surface area (Å²) in [7, 11) is -1.91. The quantitative estimate of drug-likeness (QED) is 0.610. The molecule has 3 rings (SSSR count). The molecule has 28 heavy (non-hydrogen) atoms. The normalized spacial score (nSPS) is 11.3. The Morgan fingerprint density at radius 3 is 2.61 bits per heavy atom. The molecule has 0 atom stereocenters. The van der Waals surface area contributed by atoms with Crippen molar-refractivity contribution in [1.82, 2.24) is 9.78 Å². The Kier molecular flexibility index (Phi) is 5.64. The van der Waals surface area contributed by atoms with Crippen LogP contribution in [0, 0.1) is 6.92 Å². The van der Waals surface area contributed by atoms with Crippen LogP contribution in [0.25, 0.3) is 5.69 Å². The lowest BCUT2D eigenvalue weighted by atomic mass is 10.2. The van der Waals surface area contributed by atoms with Gasteiger partial charge in [0, 0.05) is 15.6 Å². The number of benzene rings is 1. The minimum Gasteiger partial charge on any atom is -0.493 e. The fraction of sp³-hybridized carbons (Fsp3) is 0.176. The van der Waals surface area contributed by atoms with E-state index in [2.05, 4.69) is 15.1 Å². The first kappa shape index (κ1) is 20.2. The maximum atomic E-state index is 12.6. The molecule has 8 nitrogen and oxygen atoms in total. The second-order valence-corrected chi connectivity index (χ2v) is 9.37. The molecule has 3 aromatic rings. The number of ether oxygens (including phenoxy) is 1. The van der Waals surface area contributed by atoms with Crippen molar-refractivity contribution in [2.45, 2.75) is 6.92 Å². The maximum absolute atomic E-state index is 12.6. The molecule has 2 heterocycles. The Bertz CT molecular complexity index is 1140. The molecule has 1 aromatic carbocycles. The van der Waals surface area contributed by atoms with Gasteiger partial charge in [0.25, 0.3) is 5.91 Å². The summed E-state index contributed by atoms with van der Waals surface area (Å²) in [6, 6.07) is 6.20. The van der Waals surface area contributed by atoms with Crippen LogP contribution in [-0.2, 0) is 10.0 Å². The van der Waals surface area contributed by atoms with Crippen molar-refractivity contribution in [2.24, 2.45) is 0 Å². The van der Waals surface area contributed by atoms with Crippen LogP contribution in [-0.4, -0.2) is 37.5 Å². The summed E-state index contributed by atoms with van der Waals surface area (Å²) in [5.41, 5.74) is 1.40. The topological polar surface area (TPSA) is 102 Å². The van der Waals surface area contributed by atoms with E-state index in [0.29, 0.717) is 16.3 Å². The molecule has 148 valence electrons. The molecule has 1 amide bonds. The van der Waals surface area contributed by atoms with Crippen molar-refractivity contribution in [3.63, 3.8) is 0 Å². The molecule has 0 spiro atoms. The molecule has 0 aliphatic carbocycles. The van der Waals surface area contributed by atoms with E-state index in [1.807, 2.05) is 6.92 Å². The van der Waals surface area contributed by atoms with Gasteiger partial charge in [0.15, 0.2) is 5.75 Å².